The van der Waals surface area contributed by atoms with Crippen LogP contribution in [0.3, 0.4) is 0 Å². The highest BCUT2D eigenvalue weighted by atomic mass is 79.9. The molecule has 0 spiro atoms. The number of nitrogens with one attached hydrogen (secondary N) is 1. The van der Waals surface area contributed by atoms with E-state index in [1.807, 2.05) is 6.08 Å². The summed E-state index contributed by atoms with van der Waals surface area (Å²) in [4.78, 5) is 0. The molecule has 1 nitrogen and oxygen atoms in total. The van der Waals surface area contributed by atoms with Crippen LogP contribution in [-0.4, -0.2) is 6.54 Å². The Morgan fingerprint density at radius 3 is 2.89 bits per heavy atom. The molecule has 2 heteroatoms. The van der Waals surface area contributed by atoms with Gasteiger partial charge in [-0.2, -0.15) is 0 Å². The molecule has 1 unspecified atom stereocenters. The minimum atomic E-state index is 0.444. The van der Waals surface area contributed by atoms with E-state index >= 15 is 0 Å². The van der Waals surface area contributed by atoms with Gasteiger partial charge in [-0.15, -0.1) is 6.58 Å². The fourth-order valence-electron chi connectivity index (χ4n) is 2.08. The molecule has 0 saturated heterocycles. The van der Waals surface area contributed by atoms with Gasteiger partial charge in [-0.1, -0.05) is 46.6 Å². The van der Waals surface area contributed by atoms with E-state index in [2.05, 4.69) is 59.9 Å². The third-order valence-corrected chi connectivity index (χ3v) is 3.79. The number of halogens is 1. The summed E-state index contributed by atoms with van der Waals surface area (Å²) in [5.41, 5.74) is 2.70. The van der Waals surface area contributed by atoms with Gasteiger partial charge in [0, 0.05) is 10.5 Å². The van der Waals surface area contributed by atoms with E-state index in [9.17, 15) is 0 Å². The number of allylic oxidation sites excluding steroid dienone is 1. The highest BCUT2D eigenvalue weighted by Gasteiger charge is 2.13. The first-order chi connectivity index (χ1) is 8.69. The topological polar surface area (TPSA) is 12.0 Å². The van der Waals surface area contributed by atoms with Crippen molar-refractivity contribution in [2.45, 2.75) is 45.6 Å². The predicted octanol–water partition coefficient (Wildman–Crippen LogP) is 5.15. The first kappa shape index (κ1) is 15.5. The summed E-state index contributed by atoms with van der Waals surface area (Å²) in [7, 11) is 0. The number of rotatable bonds is 8. The highest BCUT2D eigenvalue weighted by Crippen LogP contribution is 2.28. The van der Waals surface area contributed by atoms with Gasteiger partial charge in [0.25, 0.3) is 0 Å². The molecule has 0 heterocycles. The molecule has 100 valence electrons. The van der Waals surface area contributed by atoms with Crippen LogP contribution in [-0.2, 0) is 0 Å². The van der Waals surface area contributed by atoms with Gasteiger partial charge in [-0.05, 0) is 50.8 Å². The summed E-state index contributed by atoms with van der Waals surface area (Å²) in [6.07, 6.45) is 6.61. The van der Waals surface area contributed by atoms with E-state index in [0.717, 1.165) is 19.4 Å². The molecule has 1 rings (SSSR count). The van der Waals surface area contributed by atoms with Gasteiger partial charge in [0.2, 0.25) is 0 Å². The summed E-state index contributed by atoms with van der Waals surface area (Å²) < 4.78 is 1.21. The van der Waals surface area contributed by atoms with E-state index in [1.54, 1.807) is 0 Å². The second-order valence-corrected chi connectivity index (χ2v) is 5.61. The van der Waals surface area contributed by atoms with Crippen molar-refractivity contribution in [3.8, 4) is 0 Å². The molecule has 0 aliphatic rings. The summed E-state index contributed by atoms with van der Waals surface area (Å²) >= 11 is 3.67. The van der Waals surface area contributed by atoms with Crippen LogP contribution in [0, 0.1) is 6.92 Å². The average molecular weight is 310 g/mol. The van der Waals surface area contributed by atoms with Crippen LogP contribution in [0.4, 0.5) is 0 Å². The van der Waals surface area contributed by atoms with Gasteiger partial charge in [-0.25, -0.2) is 0 Å². The summed E-state index contributed by atoms with van der Waals surface area (Å²) in [6, 6.07) is 7.03. The molecular weight excluding hydrogens is 286 g/mol. The molecule has 0 fully saturated rings. The number of aryl methyl sites for hydroxylation is 1. The third kappa shape index (κ3) is 4.95. The Morgan fingerprint density at radius 1 is 1.44 bits per heavy atom. The molecular formula is C16H24BrN. The fraction of sp³-hybridized carbons (Fsp3) is 0.500. The molecule has 0 radical (unpaired) electrons. The maximum absolute atomic E-state index is 3.79. The number of unbranched alkanes of at least 4 members (excludes halogenated alkanes) is 1. The largest absolute Gasteiger partial charge is 0.310 e. The summed E-state index contributed by atoms with van der Waals surface area (Å²) in [5, 5.41) is 3.65. The van der Waals surface area contributed by atoms with E-state index in [-0.39, 0.29) is 0 Å². The zero-order valence-corrected chi connectivity index (χ0v) is 13.1. The van der Waals surface area contributed by atoms with Crippen molar-refractivity contribution < 1.29 is 0 Å². The first-order valence-corrected chi connectivity index (χ1v) is 7.58. The zero-order chi connectivity index (χ0) is 13.4. The van der Waals surface area contributed by atoms with E-state index in [1.165, 1.54) is 28.4 Å². The Morgan fingerprint density at radius 2 is 2.22 bits per heavy atom. The van der Waals surface area contributed by atoms with Crippen molar-refractivity contribution >= 4 is 15.9 Å². The number of benzene rings is 1. The van der Waals surface area contributed by atoms with Gasteiger partial charge in [0.05, 0.1) is 0 Å². The van der Waals surface area contributed by atoms with Gasteiger partial charge in [-0.3, -0.25) is 0 Å². The van der Waals surface area contributed by atoms with Crippen LogP contribution in [0.25, 0.3) is 0 Å². The third-order valence-electron chi connectivity index (χ3n) is 3.07. The van der Waals surface area contributed by atoms with Crippen molar-refractivity contribution in [2.75, 3.05) is 6.54 Å². The zero-order valence-electron chi connectivity index (χ0n) is 11.5. The van der Waals surface area contributed by atoms with Crippen LogP contribution in [0.2, 0.25) is 0 Å². The van der Waals surface area contributed by atoms with Crippen molar-refractivity contribution in [2.24, 2.45) is 0 Å². The Kier molecular flexibility index (Phi) is 7.29. The van der Waals surface area contributed by atoms with Gasteiger partial charge >= 0.3 is 0 Å². The molecule has 0 aliphatic carbocycles. The molecule has 0 aromatic heterocycles. The fourth-order valence-corrected chi connectivity index (χ4v) is 2.61. The maximum atomic E-state index is 3.79. The minimum Gasteiger partial charge on any atom is -0.310 e. The molecule has 1 N–H and O–H groups in total. The minimum absolute atomic E-state index is 0.444. The molecule has 18 heavy (non-hydrogen) atoms. The molecule has 0 saturated carbocycles. The standard InChI is InChI=1S/C16H24BrN/c1-4-6-7-8-16(18-11-5-2)14-12-13(3)9-10-15(14)17/h4,9-10,12,16,18H,1,5-8,11H2,2-3H3. The average Bonchev–Trinajstić information content (AvgIpc) is 2.37. The van der Waals surface area contributed by atoms with Crippen molar-refractivity contribution in [3.63, 3.8) is 0 Å². The van der Waals surface area contributed by atoms with Crippen LogP contribution in [0.15, 0.2) is 35.3 Å². The first-order valence-electron chi connectivity index (χ1n) is 6.79. The van der Waals surface area contributed by atoms with Gasteiger partial charge < -0.3 is 5.32 Å². The van der Waals surface area contributed by atoms with Gasteiger partial charge in [0.1, 0.15) is 0 Å². The SMILES string of the molecule is C=CCCCC(NCCC)c1cc(C)ccc1Br. The van der Waals surface area contributed by atoms with Crippen molar-refractivity contribution in [1.29, 1.82) is 0 Å². The smallest absolute Gasteiger partial charge is 0.0331 e. The second kappa shape index (κ2) is 8.49. The number of hydrogen-bond acceptors (Lipinski definition) is 1. The summed E-state index contributed by atoms with van der Waals surface area (Å²) in [5.74, 6) is 0. The Bertz CT molecular complexity index is 373. The quantitative estimate of drug-likeness (QED) is 0.517. The summed E-state index contributed by atoms with van der Waals surface area (Å²) in [6.45, 7) is 9.22. The normalized spacial score (nSPS) is 12.4. The van der Waals surface area contributed by atoms with Crippen molar-refractivity contribution in [3.05, 3.63) is 46.5 Å². The lowest BCUT2D eigenvalue weighted by atomic mass is 9.99. The molecule has 0 amide bonds. The van der Waals surface area contributed by atoms with E-state index in [0.29, 0.717) is 6.04 Å². The lowest BCUT2D eigenvalue weighted by Crippen LogP contribution is -2.22. The van der Waals surface area contributed by atoms with Crippen LogP contribution < -0.4 is 5.32 Å². The predicted molar refractivity (Wildman–Crippen MR) is 84.0 cm³/mol. The van der Waals surface area contributed by atoms with E-state index in [4.69, 9.17) is 0 Å². The lowest BCUT2D eigenvalue weighted by molar-refractivity contribution is 0.484. The molecule has 1 aromatic carbocycles. The van der Waals surface area contributed by atoms with Gasteiger partial charge in [0.15, 0.2) is 0 Å². The Balaban J connectivity index is 2.78. The van der Waals surface area contributed by atoms with E-state index < -0.39 is 0 Å². The Labute approximate surface area is 120 Å². The number of hydrogen-bond donors (Lipinski definition) is 1. The van der Waals surface area contributed by atoms with Crippen LogP contribution >= 0.6 is 15.9 Å². The molecule has 0 bridgehead atoms. The highest BCUT2D eigenvalue weighted by molar-refractivity contribution is 9.10. The lowest BCUT2D eigenvalue weighted by Gasteiger charge is -2.20. The molecule has 1 aromatic rings. The maximum Gasteiger partial charge on any atom is 0.0331 e. The Hall–Kier alpha value is -0.600. The molecule has 1 atom stereocenters. The monoisotopic (exact) mass is 309 g/mol. The van der Waals surface area contributed by atoms with Crippen LogP contribution in [0.1, 0.15) is 49.8 Å². The van der Waals surface area contributed by atoms with Crippen LogP contribution in [0.5, 0.6) is 0 Å². The van der Waals surface area contributed by atoms with Crippen molar-refractivity contribution in [1.82, 2.24) is 5.32 Å². The second-order valence-electron chi connectivity index (χ2n) is 4.75. The molecule has 0 aliphatic heterocycles.